The molecule has 0 saturated carbocycles. The Morgan fingerprint density at radius 3 is 2.28 bits per heavy atom. The number of ether oxygens (including phenoxy) is 1. The predicted octanol–water partition coefficient (Wildman–Crippen LogP) is 4.51. The van der Waals surface area contributed by atoms with Crippen molar-refractivity contribution in [2.24, 2.45) is 0 Å². The van der Waals surface area contributed by atoms with E-state index >= 15 is 0 Å². The molecule has 9 heteroatoms. The van der Waals surface area contributed by atoms with Crippen LogP contribution in [0.5, 0.6) is 5.75 Å². The van der Waals surface area contributed by atoms with Gasteiger partial charge in [-0.05, 0) is 41.5 Å². The van der Waals surface area contributed by atoms with Gasteiger partial charge in [0.1, 0.15) is 5.75 Å². The fourth-order valence-corrected chi connectivity index (χ4v) is 4.85. The molecule has 168 valence electrons. The van der Waals surface area contributed by atoms with Crippen LogP contribution in [0.4, 0.5) is 0 Å². The Balaban J connectivity index is 1.81. The highest BCUT2D eigenvalue weighted by atomic mass is 35.5. The summed E-state index contributed by atoms with van der Waals surface area (Å²) in [4.78, 5) is 12.6. The molecule has 0 aromatic heterocycles. The lowest BCUT2D eigenvalue weighted by Gasteiger charge is -2.22. The lowest BCUT2D eigenvalue weighted by atomic mass is 10.2. The smallest absolute Gasteiger partial charge is 0.243 e. The third-order valence-electron chi connectivity index (χ3n) is 4.69. The van der Waals surface area contributed by atoms with Crippen LogP contribution < -0.4 is 10.1 Å². The van der Waals surface area contributed by atoms with Crippen LogP contribution in [0, 0.1) is 0 Å². The van der Waals surface area contributed by atoms with Crippen molar-refractivity contribution in [1.29, 1.82) is 0 Å². The molecular weight excluding hydrogens is 471 g/mol. The number of nitrogens with one attached hydrogen (secondary N) is 1. The normalized spacial score (nSPS) is 11.4. The zero-order valence-electron chi connectivity index (χ0n) is 17.3. The van der Waals surface area contributed by atoms with Crippen LogP contribution in [0.25, 0.3) is 0 Å². The molecule has 0 atom stereocenters. The van der Waals surface area contributed by atoms with E-state index in [1.54, 1.807) is 36.4 Å². The van der Waals surface area contributed by atoms with E-state index in [1.807, 2.05) is 18.2 Å². The van der Waals surface area contributed by atoms with E-state index in [0.717, 1.165) is 15.4 Å². The Kier molecular flexibility index (Phi) is 8.15. The Morgan fingerprint density at radius 2 is 1.66 bits per heavy atom. The van der Waals surface area contributed by atoms with E-state index in [4.69, 9.17) is 27.9 Å². The SMILES string of the molecule is COc1ccc(S(=O)(=O)N(CC(=O)NCc2ccc(Cl)cc2)Cc2ccccc2)cc1Cl. The lowest BCUT2D eigenvalue weighted by molar-refractivity contribution is -0.121. The summed E-state index contributed by atoms with van der Waals surface area (Å²) in [7, 11) is -2.57. The fourth-order valence-electron chi connectivity index (χ4n) is 2.99. The average Bonchev–Trinajstić information content (AvgIpc) is 2.79. The summed E-state index contributed by atoms with van der Waals surface area (Å²) < 4.78 is 33.0. The molecule has 0 aliphatic heterocycles. The van der Waals surface area contributed by atoms with Crippen LogP contribution in [0.1, 0.15) is 11.1 Å². The minimum atomic E-state index is -4.02. The molecule has 0 saturated heterocycles. The van der Waals surface area contributed by atoms with Crippen molar-refractivity contribution in [3.8, 4) is 5.75 Å². The number of sulfonamides is 1. The van der Waals surface area contributed by atoms with Gasteiger partial charge in [-0.1, -0.05) is 65.7 Å². The highest BCUT2D eigenvalue weighted by Crippen LogP contribution is 2.29. The number of hydrogen-bond acceptors (Lipinski definition) is 4. The summed E-state index contributed by atoms with van der Waals surface area (Å²) in [6.07, 6.45) is 0. The van der Waals surface area contributed by atoms with Gasteiger partial charge in [0.15, 0.2) is 0 Å². The second-order valence-electron chi connectivity index (χ2n) is 6.96. The summed E-state index contributed by atoms with van der Waals surface area (Å²) in [5.41, 5.74) is 1.60. The minimum Gasteiger partial charge on any atom is -0.495 e. The zero-order valence-corrected chi connectivity index (χ0v) is 19.6. The van der Waals surface area contributed by atoms with Gasteiger partial charge in [-0.3, -0.25) is 4.79 Å². The molecule has 0 aliphatic carbocycles. The Hall–Kier alpha value is -2.58. The molecular formula is C23H22Cl2N2O4S. The molecule has 0 bridgehead atoms. The Morgan fingerprint density at radius 1 is 0.969 bits per heavy atom. The van der Waals surface area contributed by atoms with Crippen molar-refractivity contribution in [1.82, 2.24) is 9.62 Å². The first-order chi connectivity index (χ1) is 15.3. The molecule has 6 nitrogen and oxygen atoms in total. The highest BCUT2D eigenvalue weighted by Gasteiger charge is 2.27. The number of nitrogens with zero attached hydrogens (tertiary/aromatic N) is 1. The molecule has 0 fully saturated rings. The van der Waals surface area contributed by atoms with Gasteiger partial charge in [0.25, 0.3) is 0 Å². The average molecular weight is 493 g/mol. The quantitative estimate of drug-likeness (QED) is 0.476. The van der Waals surface area contributed by atoms with E-state index in [0.29, 0.717) is 10.8 Å². The summed E-state index contributed by atoms with van der Waals surface area (Å²) in [5, 5.41) is 3.52. The largest absolute Gasteiger partial charge is 0.495 e. The van der Waals surface area contributed by atoms with E-state index < -0.39 is 15.9 Å². The molecule has 0 heterocycles. The third kappa shape index (κ3) is 6.23. The Labute approximate surface area is 197 Å². The number of hydrogen-bond donors (Lipinski definition) is 1. The highest BCUT2D eigenvalue weighted by molar-refractivity contribution is 7.89. The molecule has 0 spiro atoms. The maximum atomic E-state index is 13.4. The topological polar surface area (TPSA) is 75.7 Å². The Bertz CT molecular complexity index is 1170. The van der Waals surface area contributed by atoms with Crippen LogP contribution >= 0.6 is 23.2 Å². The van der Waals surface area contributed by atoms with Gasteiger partial charge >= 0.3 is 0 Å². The number of halogens is 2. The first kappa shape index (κ1) is 24.1. The van der Waals surface area contributed by atoms with Gasteiger partial charge in [0, 0.05) is 18.1 Å². The van der Waals surface area contributed by atoms with Crippen molar-refractivity contribution >= 4 is 39.1 Å². The molecule has 32 heavy (non-hydrogen) atoms. The molecule has 0 radical (unpaired) electrons. The first-order valence-electron chi connectivity index (χ1n) is 9.68. The second-order valence-corrected chi connectivity index (χ2v) is 9.74. The maximum Gasteiger partial charge on any atom is 0.243 e. The molecule has 1 N–H and O–H groups in total. The summed E-state index contributed by atoms with van der Waals surface area (Å²) in [5.74, 6) is -0.0694. The van der Waals surface area contributed by atoms with Gasteiger partial charge in [0.05, 0.1) is 23.6 Å². The van der Waals surface area contributed by atoms with E-state index in [9.17, 15) is 13.2 Å². The monoisotopic (exact) mass is 492 g/mol. The fraction of sp³-hybridized carbons (Fsp3) is 0.174. The molecule has 3 rings (SSSR count). The van der Waals surface area contributed by atoms with Gasteiger partial charge < -0.3 is 10.1 Å². The number of rotatable bonds is 9. The van der Waals surface area contributed by atoms with Crippen LogP contribution in [-0.4, -0.2) is 32.3 Å². The summed E-state index contributed by atoms with van der Waals surface area (Å²) in [6.45, 7) is -0.0702. The minimum absolute atomic E-state index is 0.0234. The molecule has 3 aromatic carbocycles. The van der Waals surface area contributed by atoms with Gasteiger partial charge in [-0.15, -0.1) is 0 Å². The van der Waals surface area contributed by atoms with Crippen molar-refractivity contribution in [2.45, 2.75) is 18.0 Å². The van der Waals surface area contributed by atoms with Crippen LogP contribution in [0.3, 0.4) is 0 Å². The van der Waals surface area contributed by atoms with E-state index in [2.05, 4.69) is 5.32 Å². The third-order valence-corrected chi connectivity index (χ3v) is 7.02. The number of carbonyl (C=O) groups is 1. The van der Waals surface area contributed by atoms with E-state index in [-0.39, 0.29) is 29.6 Å². The van der Waals surface area contributed by atoms with Crippen molar-refractivity contribution in [3.63, 3.8) is 0 Å². The summed E-state index contributed by atoms with van der Waals surface area (Å²) >= 11 is 12.0. The first-order valence-corrected chi connectivity index (χ1v) is 11.9. The number of amides is 1. The van der Waals surface area contributed by atoms with Crippen molar-refractivity contribution in [3.05, 3.63) is 94.0 Å². The molecule has 3 aromatic rings. The van der Waals surface area contributed by atoms with Crippen LogP contribution in [-0.2, 0) is 27.9 Å². The standard InChI is InChI=1S/C23H22Cl2N2O4S/c1-31-22-12-11-20(13-21(22)25)32(29,30)27(15-18-5-3-2-4-6-18)16-23(28)26-14-17-7-9-19(24)10-8-17/h2-13H,14-16H2,1H3,(H,26,28). The van der Waals surface area contributed by atoms with Crippen molar-refractivity contribution in [2.75, 3.05) is 13.7 Å². The number of carbonyl (C=O) groups excluding carboxylic acids is 1. The molecule has 1 amide bonds. The van der Waals surface area contributed by atoms with Gasteiger partial charge in [-0.2, -0.15) is 4.31 Å². The second kappa shape index (κ2) is 10.8. The van der Waals surface area contributed by atoms with Gasteiger partial charge in [-0.25, -0.2) is 8.42 Å². The molecule has 0 unspecified atom stereocenters. The van der Waals surface area contributed by atoms with Crippen LogP contribution in [0.15, 0.2) is 77.7 Å². The van der Waals surface area contributed by atoms with Crippen LogP contribution in [0.2, 0.25) is 10.0 Å². The van der Waals surface area contributed by atoms with Gasteiger partial charge in [0.2, 0.25) is 15.9 Å². The zero-order chi connectivity index (χ0) is 23.1. The maximum absolute atomic E-state index is 13.4. The summed E-state index contributed by atoms with van der Waals surface area (Å²) in [6, 6.07) is 20.3. The van der Waals surface area contributed by atoms with E-state index in [1.165, 1.54) is 25.3 Å². The predicted molar refractivity (Wildman–Crippen MR) is 125 cm³/mol. The molecule has 0 aliphatic rings. The number of benzene rings is 3. The van der Waals surface area contributed by atoms with Crippen molar-refractivity contribution < 1.29 is 17.9 Å². The number of methoxy groups -OCH3 is 1. The lowest BCUT2D eigenvalue weighted by Crippen LogP contribution is -2.40.